The molecule has 0 spiro atoms. The summed E-state index contributed by atoms with van der Waals surface area (Å²) in [6.45, 7) is 3.98. The number of aliphatic hydroxyl groups is 3. The number of aliphatic hydroxyl groups excluding tert-OH is 3. The molecule has 0 unspecified atom stereocenters. The van der Waals surface area contributed by atoms with Gasteiger partial charge in [0.15, 0.2) is 0 Å². The third-order valence-electron chi connectivity index (χ3n) is 1.94. The van der Waals surface area contributed by atoms with Crippen LogP contribution in [0.25, 0.3) is 0 Å². The summed E-state index contributed by atoms with van der Waals surface area (Å²) >= 11 is 0. The smallest absolute Gasteiger partial charge is 0.0849 e. The molecule has 0 saturated heterocycles. The maximum atomic E-state index is 9.05. The Morgan fingerprint density at radius 3 is 1.91 bits per heavy atom. The number of hydrogen-bond acceptors (Lipinski definition) is 3. The highest BCUT2D eigenvalue weighted by Gasteiger charge is 2.32. The lowest BCUT2D eigenvalue weighted by Crippen LogP contribution is -2.26. The van der Waals surface area contributed by atoms with E-state index in [4.69, 9.17) is 15.3 Å². The fraction of sp³-hybridized carbons (Fsp3) is 1.00. The highest BCUT2D eigenvalue weighted by Crippen LogP contribution is 2.24. The van der Waals surface area contributed by atoms with Crippen LogP contribution in [0.2, 0.25) is 0 Å². The molecule has 0 aliphatic heterocycles. The monoisotopic (exact) mass is 162 g/mol. The summed E-state index contributed by atoms with van der Waals surface area (Å²) in [5.41, 5.74) is 0. The Labute approximate surface area is 67.7 Å². The molecule has 1 fully saturated rings. The molecule has 0 bridgehead atoms. The van der Waals surface area contributed by atoms with Gasteiger partial charge in [-0.25, -0.2) is 0 Å². The fourth-order valence-corrected chi connectivity index (χ4v) is 1.24. The lowest BCUT2D eigenvalue weighted by molar-refractivity contribution is 0.00682. The van der Waals surface area contributed by atoms with E-state index in [-0.39, 0.29) is 12.5 Å². The predicted molar refractivity (Wildman–Crippen MR) is 43.2 cm³/mol. The van der Waals surface area contributed by atoms with Gasteiger partial charge in [-0.2, -0.15) is 0 Å². The van der Waals surface area contributed by atoms with Gasteiger partial charge in [0.1, 0.15) is 0 Å². The Balaban J connectivity index is 0.000000461. The Morgan fingerprint density at radius 1 is 1.18 bits per heavy atom. The normalized spacial score (nSPS) is 36.3. The van der Waals surface area contributed by atoms with Crippen LogP contribution < -0.4 is 0 Å². The zero-order valence-electron chi connectivity index (χ0n) is 7.20. The van der Waals surface area contributed by atoms with E-state index in [9.17, 15) is 0 Å². The highest BCUT2D eigenvalue weighted by atomic mass is 16.3. The second-order valence-corrected chi connectivity index (χ2v) is 2.58. The molecule has 3 atom stereocenters. The van der Waals surface area contributed by atoms with E-state index in [0.29, 0.717) is 6.42 Å². The van der Waals surface area contributed by atoms with Crippen LogP contribution in [0.15, 0.2) is 0 Å². The molecule has 1 rings (SSSR count). The molecule has 1 aliphatic rings. The van der Waals surface area contributed by atoms with E-state index in [0.717, 1.165) is 6.42 Å². The van der Waals surface area contributed by atoms with Crippen molar-refractivity contribution in [3.8, 4) is 0 Å². The van der Waals surface area contributed by atoms with Crippen molar-refractivity contribution in [1.29, 1.82) is 0 Å². The predicted octanol–water partition coefficient (Wildman–Crippen LogP) is 0.137. The summed E-state index contributed by atoms with van der Waals surface area (Å²) in [5.74, 6) is -0.0972. The van der Waals surface area contributed by atoms with Gasteiger partial charge < -0.3 is 15.3 Å². The molecule has 0 aromatic carbocycles. The molecule has 3 N–H and O–H groups in total. The van der Waals surface area contributed by atoms with Crippen molar-refractivity contribution in [3.63, 3.8) is 0 Å². The molecule has 11 heavy (non-hydrogen) atoms. The van der Waals surface area contributed by atoms with Crippen LogP contribution >= 0.6 is 0 Å². The zero-order valence-corrected chi connectivity index (χ0v) is 7.20. The van der Waals surface area contributed by atoms with Crippen LogP contribution in [-0.4, -0.2) is 34.1 Å². The summed E-state index contributed by atoms with van der Waals surface area (Å²) < 4.78 is 0. The second-order valence-electron chi connectivity index (χ2n) is 2.58. The first-order valence-electron chi connectivity index (χ1n) is 4.22. The lowest BCUT2D eigenvalue weighted by atomic mass is 10.1. The maximum absolute atomic E-state index is 9.05. The molecule has 0 aromatic heterocycles. The average Bonchev–Trinajstić information content (AvgIpc) is 2.37. The van der Waals surface area contributed by atoms with Crippen molar-refractivity contribution < 1.29 is 15.3 Å². The third kappa shape index (κ3) is 2.77. The molecule has 3 nitrogen and oxygen atoms in total. The number of hydrogen-bond donors (Lipinski definition) is 3. The summed E-state index contributed by atoms with van der Waals surface area (Å²) in [7, 11) is 0. The summed E-state index contributed by atoms with van der Waals surface area (Å²) in [6, 6.07) is 0. The van der Waals surface area contributed by atoms with E-state index in [1.165, 1.54) is 0 Å². The molecule has 3 heteroatoms. The van der Waals surface area contributed by atoms with Gasteiger partial charge in [0.25, 0.3) is 0 Å². The Kier molecular flexibility index (Phi) is 5.46. The molecule has 1 aliphatic carbocycles. The Bertz CT molecular complexity index is 95.3. The first-order valence-corrected chi connectivity index (χ1v) is 4.22. The minimum atomic E-state index is -0.699. The van der Waals surface area contributed by atoms with Crippen LogP contribution in [-0.2, 0) is 0 Å². The minimum Gasteiger partial charge on any atom is -0.396 e. The van der Waals surface area contributed by atoms with Crippen molar-refractivity contribution in [2.24, 2.45) is 5.92 Å². The molecule has 0 radical (unpaired) electrons. The van der Waals surface area contributed by atoms with E-state index >= 15 is 0 Å². The van der Waals surface area contributed by atoms with E-state index in [1.807, 2.05) is 13.8 Å². The van der Waals surface area contributed by atoms with E-state index < -0.39 is 12.2 Å². The molecule has 0 aromatic rings. The zero-order chi connectivity index (χ0) is 8.85. The SMILES string of the molecule is CC.OC[C@H]1CC[C@H](O)[C@@H]1O. The van der Waals surface area contributed by atoms with Crippen LogP contribution in [0.5, 0.6) is 0 Å². The van der Waals surface area contributed by atoms with Crippen molar-refractivity contribution >= 4 is 0 Å². The van der Waals surface area contributed by atoms with Crippen LogP contribution in [0.1, 0.15) is 26.7 Å². The standard InChI is InChI=1S/C6H12O3.C2H6/c7-3-4-1-2-5(8)6(4)9;1-2/h4-9H,1-3H2;1-2H3/t4-,5+,6-;/m1./s1. The number of rotatable bonds is 1. The van der Waals surface area contributed by atoms with Gasteiger partial charge in [0.05, 0.1) is 12.2 Å². The van der Waals surface area contributed by atoms with E-state index in [1.54, 1.807) is 0 Å². The Hall–Kier alpha value is -0.120. The van der Waals surface area contributed by atoms with Gasteiger partial charge in [-0.3, -0.25) is 0 Å². The van der Waals surface area contributed by atoms with Gasteiger partial charge in [-0.15, -0.1) is 0 Å². The highest BCUT2D eigenvalue weighted by molar-refractivity contribution is 4.83. The lowest BCUT2D eigenvalue weighted by Gasteiger charge is -2.12. The van der Waals surface area contributed by atoms with Crippen molar-refractivity contribution in [2.75, 3.05) is 6.61 Å². The van der Waals surface area contributed by atoms with Crippen molar-refractivity contribution in [2.45, 2.75) is 38.9 Å². The van der Waals surface area contributed by atoms with Crippen LogP contribution in [0.3, 0.4) is 0 Å². The Morgan fingerprint density at radius 2 is 1.73 bits per heavy atom. The first-order chi connectivity index (χ1) is 5.25. The quantitative estimate of drug-likeness (QED) is 0.514. The van der Waals surface area contributed by atoms with Gasteiger partial charge in [0.2, 0.25) is 0 Å². The summed E-state index contributed by atoms with van der Waals surface area (Å²) in [4.78, 5) is 0. The van der Waals surface area contributed by atoms with Gasteiger partial charge in [0, 0.05) is 12.5 Å². The molecule has 68 valence electrons. The molecular weight excluding hydrogens is 144 g/mol. The topological polar surface area (TPSA) is 60.7 Å². The van der Waals surface area contributed by atoms with E-state index in [2.05, 4.69) is 0 Å². The van der Waals surface area contributed by atoms with Gasteiger partial charge >= 0.3 is 0 Å². The molecule has 1 saturated carbocycles. The summed E-state index contributed by atoms with van der Waals surface area (Å²) in [5, 5.41) is 26.6. The average molecular weight is 162 g/mol. The van der Waals surface area contributed by atoms with Crippen LogP contribution in [0.4, 0.5) is 0 Å². The largest absolute Gasteiger partial charge is 0.396 e. The second kappa shape index (κ2) is 5.52. The molecular formula is C8H18O3. The molecule has 0 heterocycles. The first kappa shape index (κ1) is 10.9. The van der Waals surface area contributed by atoms with Crippen LogP contribution in [0, 0.1) is 5.92 Å². The summed E-state index contributed by atoms with van der Waals surface area (Å²) in [6.07, 6.45) is 0.0442. The fourth-order valence-electron chi connectivity index (χ4n) is 1.24. The van der Waals surface area contributed by atoms with Gasteiger partial charge in [-0.1, -0.05) is 13.8 Å². The maximum Gasteiger partial charge on any atom is 0.0849 e. The van der Waals surface area contributed by atoms with Crippen molar-refractivity contribution in [3.05, 3.63) is 0 Å². The third-order valence-corrected chi connectivity index (χ3v) is 1.94. The minimum absolute atomic E-state index is 0.0156. The molecule has 0 amide bonds. The van der Waals surface area contributed by atoms with Gasteiger partial charge in [-0.05, 0) is 12.8 Å². The van der Waals surface area contributed by atoms with Crippen molar-refractivity contribution in [1.82, 2.24) is 0 Å².